The Morgan fingerprint density at radius 1 is 1.09 bits per heavy atom. The number of hydrogen-bond donors (Lipinski definition) is 1. The zero-order chi connectivity index (χ0) is 16.9. The Labute approximate surface area is 138 Å². The summed E-state index contributed by atoms with van der Waals surface area (Å²) >= 11 is 12.1. The molecule has 0 aliphatic heterocycles. The van der Waals surface area contributed by atoms with E-state index in [4.69, 9.17) is 23.2 Å². The predicted molar refractivity (Wildman–Crippen MR) is 88.3 cm³/mol. The van der Waals surface area contributed by atoms with E-state index in [-0.39, 0.29) is 21.7 Å². The SMILES string of the molecule is Cn1c(=O)c2c(-c3ccc(Cl)cc3Cl)[nH]c(=O)nc2n(C)c1=O. The first-order valence-electron chi connectivity index (χ1n) is 6.46. The molecule has 0 spiro atoms. The minimum Gasteiger partial charge on any atom is -0.304 e. The fourth-order valence-electron chi connectivity index (χ4n) is 2.37. The molecule has 0 saturated heterocycles. The number of aromatic nitrogens is 4. The molecule has 0 aliphatic carbocycles. The van der Waals surface area contributed by atoms with Crippen molar-refractivity contribution in [2.24, 2.45) is 14.1 Å². The van der Waals surface area contributed by atoms with Gasteiger partial charge in [0.15, 0.2) is 5.65 Å². The van der Waals surface area contributed by atoms with Gasteiger partial charge in [0.05, 0.1) is 10.7 Å². The molecule has 118 valence electrons. The number of nitrogens with zero attached hydrogens (tertiary/aromatic N) is 3. The fourth-order valence-corrected chi connectivity index (χ4v) is 2.87. The summed E-state index contributed by atoms with van der Waals surface area (Å²) in [5.41, 5.74) is -1.25. The molecule has 0 atom stereocenters. The Kier molecular flexibility index (Phi) is 3.62. The summed E-state index contributed by atoms with van der Waals surface area (Å²) in [7, 11) is 2.78. The summed E-state index contributed by atoms with van der Waals surface area (Å²) in [6, 6.07) is 4.66. The van der Waals surface area contributed by atoms with Gasteiger partial charge in [-0.25, -0.2) is 9.59 Å². The first-order valence-corrected chi connectivity index (χ1v) is 7.22. The third kappa shape index (κ3) is 2.38. The molecule has 23 heavy (non-hydrogen) atoms. The summed E-state index contributed by atoms with van der Waals surface area (Å²) in [5, 5.41) is 0.773. The van der Waals surface area contributed by atoms with E-state index in [1.807, 2.05) is 0 Å². The van der Waals surface area contributed by atoms with Crippen LogP contribution in [0.25, 0.3) is 22.3 Å². The van der Waals surface area contributed by atoms with Crippen LogP contribution in [-0.4, -0.2) is 19.1 Å². The predicted octanol–water partition coefficient (Wildman–Crippen LogP) is 1.29. The maximum absolute atomic E-state index is 12.5. The van der Waals surface area contributed by atoms with Gasteiger partial charge in [-0.15, -0.1) is 0 Å². The maximum atomic E-state index is 12.5. The molecule has 0 aliphatic rings. The highest BCUT2D eigenvalue weighted by Gasteiger charge is 2.18. The van der Waals surface area contributed by atoms with Crippen LogP contribution in [0.4, 0.5) is 0 Å². The Morgan fingerprint density at radius 2 is 1.78 bits per heavy atom. The van der Waals surface area contributed by atoms with Crippen LogP contribution in [-0.2, 0) is 14.1 Å². The molecule has 1 N–H and O–H groups in total. The average Bonchev–Trinajstić information content (AvgIpc) is 2.50. The van der Waals surface area contributed by atoms with Gasteiger partial charge in [-0.1, -0.05) is 23.2 Å². The Morgan fingerprint density at radius 3 is 2.43 bits per heavy atom. The highest BCUT2D eigenvalue weighted by molar-refractivity contribution is 6.36. The average molecular weight is 353 g/mol. The van der Waals surface area contributed by atoms with Crippen molar-refractivity contribution in [2.45, 2.75) is 0 Å². The first-order chi connectivity index (χ1) is 10.8. The third-order valence-corrected chi connectivity index (χ3v) is 4.07. The van der Waals surface area contributed by atoms with E-state index in [0.717, 1.165) is 9.13 Å². The number of H-pyrrole nitrogens is 1. The number of halogens is 2. The summed E-state index contributed by atoms with van der Waals surface area (Å²) in [6.45, 7) is 0. The molecular weight excluding hydrogens is 343 g/mol. The molecule has 0 bridgehead atoms. The lowest BCUT2D eigenvalue weighted by Crippen LogP contribution is -2.38. The molecule has 0 radical (unpaired) electrons. The van der Waals surface area contributed by atoms with Gasteiger partial charge >= 0.3 is 11.4 Å². The lowest BCUT2D eigenvalue weighted by atomic mass is 10.1. The molecule has 9 heteroatoms. The van der Waals surface area contributed by atoms with Crippen LogP contribution in [0, 0.1) is 0 Å². The summed E-state index contributed by atoms with van der Waals surface area (Å²) in [5.74, 6) is 0. The normalized spacial score (nSPS) is 11.1. The second kappa shape index (κ2) is 5.36. The number of fused-ring (bicyclic) bond motifs is 1. The first kappa shape index (κ1) is 15.5. The van der Waals surface area contributed by atoms with Crippen LogP contribution in [0.3, 0.4) is 0 Å². The van der Waals surface area contributed by atoms with Crippen molar-refractivity contribution in [3.63, 3.8) is 0 Å². The number of rotatable bonds is 1. The van der Waals surface area contributed by atoms with Gasteiger partial charge in [-0.05, 0) is 18.2 Å². The Balaban J connectivity index is 2.59. The number of hydrogen-bond acceptors (Lipinski definition) is 4. The van der Waals surface area contributed by atoms with Crippen molar-refractivity contribution in [1.29, 1.82) is 0 Å². The number of aryl methyl sites for hydroxylation is 1. The Hall–Kier alpha value is -2.38. The monoisotopic (exact) mass is 352 g/mol. The van der Waals surface area contributed by atoms with Gasteiger partial charge in [0, 0.05) is 24.7 Å². The second-order valence-electron chi connectivity index (χ2n) is 4.95. The van der Waals surface area contributed by atoms with E-state index in [1.54, 1.807) is 12.1 Å². The molecule has 7 nitrogen and oxygen atoms in total. The van der Waals surface area contributed by atoms with Crippen LogP contribution in [0.5, 0.6) is 0 Å². The van der Waals surface area contributed by atoms with Gasteiger partial charge in [0.2, 0.25) is 0 Å². The smallest absolute Gasteiger partial charge is 0.304 e. The molecule has 2 aromatic heterocycles. The fraction of sp³-hybridized carbons (Fsp3) is 0.143. The topological polar surface area (TPSA) is 89.8 Å². The van der Waals surface area contributed by atoms with E-state index in [0.29, 0.717) is 10.6 Å². The van der Waals surface area contributed by atoms with E-state index in [9.17, 15) is 14.4 Å². The van der Waals surface area contributed by atoms with E-state index in [1.165, 1.54) is 20.2 Å². The van der Waals surface area contributed by atoms with Crippen molar-refractivity contribution in [2.75, 3.05) is 0 Å². The zero-order valence-electron chi connectivity index (χ0n) is 12.1. The summed E-state index contributed by atoms with van der Waals surface area (Å²) in [6.07, 6.45) is 0. The van der Waals surface area contributed by atoms with Crippen molar-refractivity contribution < 1.29 is 0 Å². The van der Waals surface area contributed by atoms with E-state index >= 15 is 0 Å². The highest BCUT2D eigenvalue weighted by Crippen LogP contribution is 2.30. The lowest BCUT2D eigenvalue weighted by molar-refractivity contribution is 0.705. The number of aromatic amines is 1. The van der Waals surface area contributed by atoms with Crippen LogP contribution >= 0.6 is 23.2 Å². The largest absolute Gasteiger partial charge is 0.347 e. The van der Waals surface area contributed by atoms with Gasteiger partial charge < -0.3 is 4.98 Å². The molecule has 1 aromatic carbocycles. The molecule has 2 heterocycles. The highest BCUT2D eigenvalue weighted by atomic mass is 35.5. The third-order valence-electron chi connectivity index (χ3n) is 3.52. The molecule has 3 aromatic rings. The maximum Gasteiger partial charge on any atom is 0.347 e. The molecule has 0 fully saturated rings. The zero-order valence-corrected chi connectivity index (χ0v) is 13.6. The molecule has 0 amide bonds. The van der Waals surface area contributed by atoms with Crippen LogP contribution in [0.15, 0.2) is 32.6 Å². The minimum absolute atomic E-state index is 0.0112. The molecule has 0 unspecified atom stereocenters. The second-order valence-corrected chi connectivity index (χ2v) is 5.79. The minimum atomic E-state index is -0.693. The van der Waals surface area contributed by atoms with E-state index in [2.05, 4.69) is 9.97 Å². The van der Waals surface area contributed by atoms with Crippen molar-refractivity contribution >= 4 is 34.2 Å². The molecule has 0 saturated carbocycles. The van der Waals surface area contributed by atoms with Crippen LogP contribution in [0.1, 0.15) is 0 Å². The van der Waals surface area contributed by atoms with E-state index < -0.39 is 16.9 Å². The van der Waals surface area contributed by atoms with Crippen LogP contribution < -0.4 is 16.9 Å². The van der Waals surface area contributed by atoms with Gasteiger partial charge in [0.1, 0.15) is 5.39 Å². The quantitative estimate of drug-likeness (QED) is 0.714. The number of benzene rings is 1. The van der Waals surface area contributed by atoms with Gasteiger partial charge in [0.25, 0.3) is 5.56 Å². The Bertz CT molecular complexity index is 1130. The summed E-state index contributed by atoms with van der Waals surface area (Å²) < 4.78 is 2.08. The van der Waals surface area contributed by atoms with Crippen molar-refractivity contribution in [3.05, 3.63) is 59.6 Å². The van der Waals surface area contributed by atoms with Crippen molar-refractivity contribution in [3.8, 4) is 11.3 Å². The summed E-state index contributed by atoms with van der Waals surface area (Å²) in [4.78, 5) is 42.6. The van der Waals surface area contributed by atoms with Crippen molar-refractivity contribution in [1.82, 2.24) is 19.1 Å². The standard InChI is InChI=1S/C14H10Cl2N4O3/c1-19-11-9(12(21)20(2)14(19)23)10(17-13(22)18-11)7-4-3-6(15)5-8(7)16/h3-5H,1-2H3,(H,17,18,22). The van der Waals surface area contributed by atoms with Gasteiger partial charge in [-0.3, -0.25) is 13.9 Å². The molecular formula is C14H10Cl2N4O3. The lowest BCUT2D eigenvalue weighted by Gasteiger charge is -2.11. The van der Waals surface area contributed by atoms with Gasteiger partial charge in [-0.2, -0.15) is 4.98 Å². The molecule has 3 rings (SSSR count). The number of nitrogens with one attached hydrogen (secondary N) is 1. The van der Waals surface area contributed by atoms with Crippen LogP contribution in [0.2, 0.25) is 10.0 Å².